The van der Waals surface area contributed by atoms with Gasteiger partial charge in [0.05, 0.1) is 6.61 Å². The quantitative estimate of drug-likeness (QED) is 0.270. The predicted molar refractivity (Wildman–Crippen MR) is 141 cm³/mol. The summed E-state index contributed by atoms with van der Waals surface area (Å²) >= 11 is 0. The third-order valence-corrected chi connectivity index (χ3v) is 8.22. The van der Waals surface area contributed by atoms with E-state index in [1.54, 1.807) is 6.92 Å². The summed E-state index contributed by atoms with van der Waals surface area (Å²) in [7, 11) is -2.42. The van der Waals surface area contributed by atoms with Crippen molar-refractivity contribution in [1.29, 1.82) is 0 Å². The van der Waals surface area contributed by atoms with Crippen molar-refractivity contribution in [1.82, 2.24) is 15.5 Å². The Morgan fingerprint density at radius 1 is 1.03 bits per heavy atom. The van der Waals surface area contributed by atoms with Crippen LogP contribution in [0.25, 0.3) is 0 Å². The highest BCUT2D eigenvalue weighted by Gasteiger charge is 2.45. The maximum atomic E-state index is 13.6. The standard InChI is InChI=1S/C26H44N3O8P/c1-7-12-20(38(34)37-17(3)24(32)35-8-2)27-22(30)19-15-11-16-29(19)23(31)21(26(4,5)6)28-25(33)36-18-13-9-10-14-18/h17-21H,7-16H2,1-6H3,(H-,27,28,30,33)/p+1/t17-,19-,20?,21+/m0/s1. The van der Waals surface area contributed by atoms with Gasteiger partial charge < -0.3 is 25.0 Å². The zero-order valence-electron chi connectivity index (χ0n) is 23.6. The molecule has 2 unspecified atom stereocenters. The Kier molecular flexibility index (Phi) is 12.4. The van der Waals surface area contributed by atoms with Gasteiger partial charge >= 0.3 is 20.1 Å². The molecule has 1 aliphatic carbocycles. The first-order chi connectivity index (χ1) is 17.9. The van der Waals surface area contributed by atoms with E-state index in [1.165, 1.54) is 11.8 Å². The van der Waals surface area contributed by atoms with Crippen LogP contribution in [0.2, 0.25) is 0 Å². The van der Waals surface area contributed by atoms with E-state index in [0.29, 0.717) is 32.2 Å². The lowest BCUT2D eigenvalue weighted by Gasteiger charge is -2.35. The fourth-order valence-corrected chi connectivity index (χ4v) is 5.97. The van der Waals surface area contributed by atoms with Crippen molar-refractivity contribution in [3.8, 4) is 0 Å². The molecule has 0 spiro atoms. The summed E-state index contributed by atoms with van der Waals surface area (Å²) in [6.45, 7) is 11.1. The molecule has 11 nitrogen and oxygen atoms in total. The Morgan fingerprint density at radius 3 is 2.26 bits per heavy atom. The van der Waals surface area contributed by atoms with Gasteiger partial charge in [-0.05, 0) is 68.8 Å². The van der Waals surface area contributed by atoms with E-state index < -0.39 is 55.4 Å². The van der Waals surface area contributed by atoms with Crippen molar-refractivity contribution >= 4 is 31.9 Å². The molecule has 3 amide bonds. The van der Waals surface area contributed by atoms with Crippen LogP contribution in [-0.2, 0) is 32.9 Å². The fourth-order valence-electron chi connectivity index (χ4n) is 4.72. The zero-order valence-corrected chi connectivity index (χ0v) is 24.5. The highest BCUT2D eigenvalue weighted by atomic mass is 31.1. The number of carbonyl (C=O) groups excluding carboxylic acids is 4. The number of amides is 3. The molecule has 1 saturated heterocycles. The Balaban J connectivity index is 2.08. The topological polar surface area (TPSA) is 140 Å². The number of nitrogens with one attached hydrogen (secondary N) is 2. The molecule has 1 saturated carbocycles. The molecule has 12 heteroatoms. The van der Waals surface area contributed by atoms with E-state index in [2.05, 4.69) is 10.6 Å². The van der Waals surface area contributed by atoms with Crippen LogP contribution in [0.4, 0.5) is 4.79 Å². The summed E-state index contributed by atoms with van der Waals surface area (Å²) < 4.78 is 28.7. The summed E-state index contributed by atoms with van der Waals surface area (Å²) in [5, 5.41) is 5.53. The number of rotatable bonds is 12. The Bertz CT molecular complexity index is 856. The summed E-state index contributed by atoms with van der Waals surface area (Å²) in [4.78, 5) is 52.9. The van der Waals surface area contributed by atoms with Crippen LogP contribution in [-0.4, -0.2) is 72.0 Å². The summed E-state index contributed by atoms with van der Waals surface area (Å²) in [6.07, 6.45) is 3.92. The summed E-state index contributed by atoms with van der Waals surface area (Å²) in [6, 6.07) is -1.66. The lowest BCUT2D eigenvalue weighted by atomic mass is 9.85. The van der Waals surface area contributed by atoms with Gasteiger partial charge in [0.2, 0.25) is 17.9 Å². The smallest absolute Gasteiger partial charge is 0.464 e. The Hall–Kier alpha value is -2.26. The van der Waals surface area contributed by atoms with Gasteiger partial charge in [-0.15, -0.1) is 4.52 Å². The molecule has 1 heterocycles. The van der Waals surface area contributed by atoms with Gasteiger partial charge in [-0.2, -0.15) is 0 Å². The second kappa shape index (κ2) is 14.8. The first-order valence-corrected chi connectivity index (χ1v) is 15.0. The van der Waals surface area contributed by atoms with Gasteiger partial charge in [0, 0.05) is 13.0 Å². The first kappa shape index (κ1) is 32.0. The number of carbonyl (C=O) groups is 4. The number of nitrogens with zero attached hydrogens (tertiary/aromatic N) is 1. The molecule has 0 aromatic rings. The molecule has 2 rings (SSSR count). The highest BCUT2D eigenvalue weighted by Crippen LogP contribution is 2.34. The minimum atomic E-state index is -2.42. The molecule has 216 valence electrons. The van der Waals surface area contributed by atoms with E-state index in [1.807, 2.05) is 27.7 Å². The van der Waals surface area contributed by atoms with E-state index in [9.17, 15) is 23.7 Å². The predicted octanol–water partition coefficient (Wildman–Crippen LogP) is 4.01. The van der Waals surface area contributed by atoms with Gasteiger partial charge in [0.1, 0.15) is 18.2 Å². The first-order valence-electron chi connectivity index (χ1n) is 13.8. The Morgan fingerprint density at radius 2 is 1.68 bits per heavy atom. The molecule has 1 aliphatic heterocycles. The van der Waals surface area contributed by atoms with Gasteiger partial charge in [0.25, 0.3) is 5.78 Å². The average molecular weight is 559 g/mol. The number of alkyl carbamates (subject to hydrolysis) is 1. The van der Waals surface area contributed by atoms with Crippen molar-refractivity contribution < 1.29 is 37.7 Å². The minimum Gasteiger partial charge on any atom is -0.464 e. The molecule has 5 atom stereocenters. The van der Waals surface area contributed by atoms with E-state index >= 15 is 0 Å². The minimum absolute atomic E-state index is 0.137. The maximum Gasteiger partial charge on any atom is 0.534 e. The third-order valence-electron chi connectivity index (χ3n) is 6.80. The fraction of sp³-hybridized carbons (Fsp3) is 0.846. The van der Waals surface area contributed by atoms with Crippen LogP contribution in [0.3, 0.4) is 0 Å². The molecule has 0 bridgehead atoms. The molecule has 38 heavy (non-hydrogen) atoms. The molecule has 0 radical (unpaired) electrons. The SMILES string of the molecule is CCCC(NC(=O)[C@@H]1CCCN1C(=O)[C@@H](NC(=O)OC1CCCC1)C(C)(C)C)[P+](=O)O[C@@H](C)C(=O)OCC. The van der Waals surface area contributed by atoms with Crippen LogP contribution in [0.5, 0.6) is 0 Å². The maximum absolute atomic E-state index is 13.6. The highest BCUT2D eigenvalue weighted by molar-refractivity contribution is 7.40. The molecule has 2 fully saturated rings. The lowest BCUT2D eigenvalue weighted by Crippen LogP contribution is -2.58. The van der Waals surface area contributed by atoms with Crippen molar-refractivity contribution in [3.05, 3.63) is 0 Å². The molecular weight excluding hydrogens is 513 g/mol. The van der Waals surface area contributed by atoms with Crippen molar-refractivity contribution in [3.63, 3.8) is 0 Å². The zero-order chi connectivity index (χ0) is 28.5. The monoisotopic (exact) mass is 558 g/mol. The average Bonchev–Trinajstić information content (AvgIpc) is 3.53. The third kappa shape index (κ3) is 9.19. The second-order valence-corrected chi connectivity index (χ2v) is 12.4. The van der Waals surface area contributed by atoms with Crippen molar-refractivity contribution in [2.24, 2.45) is 5.41 Å². The van der Waals surface area contributed by atoms with Crippen LogP contribution in [0.1, 0.15) is 92.9 Å². The number of ether oxygens (including phenoxy) is 2. The normalized spacial score (nSPS) is 20.8. The number of hydrogen-bond acceptors (Lipinski definition) is 8. The second-order valence-electron chi connectivity index (χ2n) is 11.0. The van der Waals surface area contributed by atoms with Crippen molar-refractivity contribution in [2.75, 3.05) is 13.2 Å². The van der Waals surface area contributed by atoms with Crippen LogP contribution in [0, 0.1) is 5.41 Å². The largest absolute Gasteiger partial charge is 0.534 e. The molecule has 0 aromatic heterocycles. The van der Waals surface area contributed by atoms with Gasteiger partial charge in [-0.25, -0.2) is 9.59 Å². The van der Waals surface area contributed by atoms with Gasteiger partial charge in [-0.3, -0.25) is 9.59 Å². The lowest BCUT2D eigenvalue weighted by molar-refractivity contribution is -0.150. The van der Waals surface area contributed by atoms with Crippen LogP contribution in [0.15, 0.2) is 0 Å². The molecule has 2 aliphatic rings. The van der Waals surface area contributed by atoms with Gasteiger partial charge in [-0.1, -0.05) is 27.7 Å². The summed E-state index contributed by atoms with van der Waals surface area (Å²) in [5.74, 6) is -2.25. The molecule has 0 aromatic carbocycles. The number of likely N-dealkylation sites (tertiary alicyclic amines) is 1. The summed E-state index contributed by atoms with van der Waals surface area (Å²) in [5.41, 5.74) is -0.624. The van der Waals surface area contributed by atoms with Crippen LogP contribution >= 0.6 is 8.03 Å². The van der Waals surface area contributed by atoms with Crippen LogP contribution < -0.4 is 10.6 Å². The molecular formula is C26H45N3O8P+. The number of hydrogen-bond donors (Lipinski definition) is 2. The van der Waals surface area contributed by atoms with E-state index in [-0.39, 0.29) is 18.6 Å². The van der Waals surface area contributed by atoms with Crippen molar-refractivity contribution in [2.45, 2.75) is 123 Å². The Labute approximate surface area is 226 Å². The van der Waals surface area contributed by atoms with E-state index in [4.69, 9.17) is 14.0 Å². The van der Waals surface area contributed by atoms with Gasteiger partial charge in [0.15, 0.2) is 0 Å². The number of esters is 1. The van der Waals surface area contributed by atoms with E-state index in [0.717, 1.165) is 25.7 Å². The molecule has 2 N–H and O–H groups in total.